The van der Waals surface area contributed by atoms with Crippen molar-refractivity contribution in [1.29, 1.82) is 0 Å². The van der Waals surface area contributed by atoms with E-state index in [1.165, 1.54) is 16.7 Å². The second kappa shape index (κ2) is 8.34. The fraction of sp³-hybridized carbons (Fsp3) is 0.632. The third-order valence-corrected chi connectivity index (χ3v) is 3.60. The Labute approximate surface area is 141 Å². The summed E-state index contributed by atoms with van der Waals surface area (Å²) in [5, 5.41) is 3.42. The Balaban J connectivity index is 2.50. The first-order valence-electron chi connectivity index (χ1n) is 8.36. The van der Waals surface area contributed by atoms with Crippen LogP contribution in [-0.2, 0) is 11.3 Å². The van der Waals surface area contributed by atoms with Crippen LogP contribution < -0.4 is 5.32 Å². The van der Waals surface area contributed by atoms with Crippen LogP contribution in [0.2, 0.25) is 0 Å². The van der Waals surface area contributed by atoms with E-state index in [1.54, 1.807) is 4.90 Å². The molecule has 0 aromatic heterocycles. The molecule has 0 saturated carbocycles. The van der Waals surface area contributed by atoms with E-state index in [4.69, 9.17) is 4.74 Å². The molecule has 1 rings (SSSR count). The molecule has 4 heteroatoms. The third kappa shape index (κ3) is 7.04. The highest BCUT2D eigenvalue weighted by Gasteiger charge is 2.23. The van der Waals surface area contributed by atoms with Crippen molar-refractivity contribution < 1.29 is 9.53 Å². The molecule has 4 nitrogen and oxygen atoms in total. The molecule has 0 aliphatic rings. The van der Waals surface area contributed by atoms with E-state index in [2.05, 4.69) is 37.4 Å². The van der Waals surface area contributed by atoms with Crippen LogP contribution in [0.5, 0.6) is 0 Å². The summed E-state index contributed by atoms with van der Waals surface area (Å²) in [7, 11) is 0. The number of aryl methyl sites for hydroxylation is 2. The third-order valence-electron chi connectivity index (χ3n) is 3.60. The van der Waals surface area contributed by atoms with Crippen molar-refractivity contribution in [3.05, 3.63) is 34.9 Å². The average molecular weight is 320 g/mol. The van der Waals surface area contributed by atoms with Crippen LogP contribution >= 0.6 is 0 Å². The van der Waals surface area contributed by atoms with Gasteiger partial charge in [0, 0.05) is 25.7 Å². The van der Waals surface area contributed by atoms with Gasteiger partial charge in [0.15, 0.2) is 0 Å². The number of nitrogens with zero attached hydrogens (tertiary/aromatic N) is 1. The Morgan fingerprint density at radius 2 is 1.91 bits per heavy atom. The summed E-state index contributed by atoms with van der Waals surface area (Å²) >= 11 is 0. The van der Waals surface area contributed by atoms with Gasteiger partial charge in [0.2, 0.25) is 0 Å². The van der Waals surface area contributed by atoms with E-state index in [1.807, 2.05) is 34.6 Å². The van der Waals surface area contributed by atoms with Gasteiger partial charge in [0.1, 0.15) is 5.60 Å². The van der Waals surface area contributed by atoms with E-state index in [0.717, 1.165) is 13.1 Å². The fourth-order valence-electron chi connectivity index (χ4n) is 2.29. The molecule has 1 aromatic rings. The number of hydrogen-bond acceptors (Lipinski definition) is 3. The number of nitrogens with one attached hydrogen (secondary N) is 1. The van der Waals surface area contributed by atoms with Gasteiger partial charge < -0.3 is 15.0 Å². The first-order valence-corrected chi connectivity index (χ1v) is 8.36. The van der Waals surface area contributed by atoms with Crippen LogP contribution in [0.1, 0.15) is 51.3 Å². The largest absolute Gasteiger partial charge is 0.444 e. The lowest BCUT2D eigenvalue weighted by molar-refractivity contribution is 0.0193. The van der Waals surface area contributed by atoms with Gasteiger partial charge in [-0.15, -0.1) is 0 Å². The van der Waals surface area contributed by atoms with Gasteiger partial charge in [-0.1, -0.05) is 23.8 Å². The summed E-state index contributed by atoms with van der Waals surface area (Å²) in [6.07, 6.45) is -0.249. The summed E-state index contributed by atoms with van der Waals surface area (Å²) in [5.74, 6) is 0. The van der Waals surface area contributed by atoms with Gasteiger partial charge >= 0.3 is 6.09 Å². The molecule has 0 aliphatic heterocycles. The van der Waals surface area contributed by atoms with Crippen molar-refractivity contribution in [3.63, 3.8) is 0 Å². The summed E-state index contributed by atoms with van der Waals surface area (Å²) in [6.45, 7) is 16.1. The highest BCUT2D eigenvalue weighted by molar-refractivity contribution is 5.68. The molecular weight excluding hydrogens is 288 g/mol. The summed E-state index contributed by atoms with van der Waals surface area (Å²) < 4.78 is 5.47. The van der Waals surface area contributed by atoms with E-state index in [0.29, 0.717) is 6.54 Å². The molecule has 0 saturated heterocycles. The molecule has 1 aromatic carbocycles. The van der Waals surface area contributed by atoms with Crippen LogP contribution in [0, 0.1) is 13.8 Å². The van der Waals surface area contributed by atoms with Gasteiger partial charge in [-0.2, -0.15) is 0 Å². The smallest absolute Gasteiger partial charge is 0.410 e. The van der Waals surface area contributed by atoms with Crippen LogP contribution in [0.25, 0.3) is 0 Å². The minimum Gasteiger partial charge on any atom is -0.444 e. The standard InChI is InChI=1S/C19H32N2O2/c1-14(2)21(18(22)23-19(5,6)7)11-10-20-13-17-12-15(3)8-9-16(17)4/h8-9,12,14,20H,10-11,13H2,1-7H3. The van der Waals surface area contributed by atoms with Crippen LogP contribution in [0.15, 0.2) is 18.2 Å². The summed E-state index contributed by atoms with van der Waals surface area (Å²) in [4.78, 5) is 14.0. The lowest BCUT2D eigenvalue weighted by atomic mass is 10.1. The number of benzene rings is 1. The number of amides is 1. The van der Waals surface area contributed by atoms with Gasteiger partial charge in [-0.3, -0.25) is 0 Å². The van der Waals surface area contributed by atoms with Crippen molar-refractivity contribution in [2.75, 3.05) is 13.1 Å². The highest BCUT2D eigenvalue weighted by Crippen LogP contribution is 2.12. The van der Waals surface area contributed by atoms with Crippen LogP contribution in [0.3, 0.4) is 0 Å². The Hall–Kier alpha value is -1.55. The maximum absolute atomic E-state index is 12.2. The van der Waals surface area contributed by atoms with Crippen molar-refractivity contribution in [3.8, 4) is 0 Å². The lowest BCUT2D eigenvalue weighted by Crippen LogP contribution is -2.44. The van der Waals surface area contributed by atoms with Crippen molar-refractivity contribution in [2.24, 2.45) is 0 Å². The Kier molecular flexibility index (Phi) is 7.07. The molecule has 0 fully saturated rings. The summed E-state index contributed by atoms with van der Waals surface area (Å²) in [6, 6.07) is 6.60. The molecule has 0 radical (unpaired) electrons. The first-order chi connectivity index (χ1) is 10.6. The Bertz CT molecular complexity index is 519. The second-order valence-corrected chi connectivity index (χ2v) is 7.37. The van der Waals surface area contributed by atoms with E-state index < -0.39 is 5.60 Å². The summed E-state index contributed by atoms with van der Waals surface area (Å²) in [5.41, 5.74) is 3.40. The molecular formula is C19H32N2O2. The normalized spacial score (nSPS) is 11.7. The topological polar surface area (TPSA) is 41.6 Å². The van der Waals surface area contributed by atoms with Gasteiger partial charge in [-0.25, -0.2) is 4.79 Å². The van der Waals surface area contributed by atoms with Gasteiger partial charge in [0.25, 0.3) is 0 Å². The minimum atomic E-state index is -0.462. The van der Waals surface area contributed by atoms with E-state index in [-0.39, 0.29) is 12.1 Å². The SMILES string of the molecule is Cc1ccc(C)c(CNCCN(C(=O)OC(C)(C)C)C(C)C)c1. The highest BCUT2D eigenvalue weighted by atomic mass is 16.6. The molecule has 0 heterocycles. The molecule has 0 unspecified atom stereocenters. The minimum absolute atomic E-state index is 0.118. The molecule has 0 aliphatic carbocycles. The van der Waals surface area contributed by atoms with Gasteiger partial charge in [-0.05, 0) is 59.6 Å². The number of hydrogen-bond donors (Lipinski definition) is 1. The maximum atomic E-state index is 12.2. The van der Waals surface area contributed by atoms with Crippen molar-refractivity contribution in [2.45, 2.75) is 66.7 Å². The van der Waals surface area contributed by atoms with E-state index in [9.17, 15) is 4.79 Å². The molecule has 0 atom stereocenters. The monoisotopic (exact) mass is 320 g/mol. The van der Waals surface area contributed by atoms with Gasteiger partial charge in [0.05, 0.1) is 0 Å². The molecule has 23 heavy (non-hydrogen) atoms. The molecule has 0 bridgehead atoms. The average Bonchev–Trinajstić information content (AvgIpc) is 2.39. The van der Waals surface area contributed by atoms with Crippen molar-refractivity contribution in [1.82, 2.24) is 10.2 Å². The quantitative estimate of drug-likeness (QED) is 0.804. The predicted molar refractivity (Wildman–Crippen MR) is 95.7 cm³/mol. The zero-order chi connectivity index (χ0) is 17.6. The predicted octanol–water partition coefficient (Wildman–Crippen LogP) is 4.04. The zero-order valence-electron chi connectivity index (χ0n) is 15.7. The molecule has 1 N–H and O–H groups in total. The Morgan fingerprint density at radius 3 is 2.48 bits per heavy atom. The van der Waals surface area contributed by atoms with Crippen LogP contribution in [-0.4, -0.2) is 35.7 Å². The van der Waals surface area contributed by atoms with E-state index >= 15 is 0 Å². The number of carbonyl (C=O) groups is 1. The number of rotatable bonds is 6. The maximum Gasteiger partial charge on any atom is 0.410 e. The van der Waals surface area contributed by atoms with Crippen LogP contribution in [0.4, 0.5) is 4.79 Å². The Morgan fingerprint density at radius 1 is 1.26 bits per heavy atom. The number of carbonyl (C=O) groups excluding carboxylic acids is 1. The lowest BCUT2D eigenvalue weighted by Gasteiger charge is -2.30. The molecule has 0 spiro atoms. The first kappa shape index (κ1) is 19.5. The molecule has 130 valence electrons. The fourth-order valence-corrected chi connectivity index (χ4v) is 2.29. The van der Waals surface area contributed by atoms with Crippen molar-refractivity contribution >= 4 is 6.09 Å². The zero-order valence-corrected chi connectivity index (χ0v) is 15.7. The second-order valence-electron chi connectivity index (χ2n) is 7.37. The molecule has 1 amide bonds. The number of ether oxygens (including phenoxy) is 1.